The maximum atomic E-state index is 12.3. The first-order valence-corrected chi connectivity index (χ1v) is 6.78. The van der Waals surface area contributed by atoms with Gasteiger partial charge in [-0.05, 0) is 32.0 Å². The van der Waals surface area contributed by atoms with Gasteiger partial charge in [0.2, 0.25) is 0 Å². The monoisotopic (exact) mass is 294 g/mol. The predicted octanol–water partition coefficient (Wildman–Crippen LogP) is 2.49. The van der Waals surface area contributed by atoms with Crippen LogP contribution < -0.4 is 5.32 Å². The highest BCUT2D eigenvalue weighted by Crippen LogP contribution is 2.13. The van der Waals surface area contributed by atoms with Crippen molar-refractivity contribution in [2.45, 2.75) is 13.8 Å². The Kier molecular flexibility index (Phi) is 3.42. The van der Waals surface area contributed by atoms with Crippen LogP contribution in [0.15, 0.2) is 42.6 Å². The number of Topliss-reactive ketones (excluding diaryl/α,β-unsaturated/α-hetero) is 1. The summed E-state index contributed by atoms with van der Waals surface area (Å²) in [4.78, 5) is 28.0. The van der Waals surface area contributed by atoms with E-state index in [9.17, 15) is 9.59 Å². The fraction of sp³-hybridized carbons (Fsp3) is 0.125. The summed E-state index contributed by atoms with van der Waals surface area (Å²) >= 11 is 0. The molecule has 1 amide bonds. The highest BCUT2D eigenvalue weighted by molar-refractivity contribution is 6.04. The highest BCUT2D eigenvalue weighted by Gasteiger charge is 2.12. The zero-order valence-corrected chi connectivity index (χ0v) is 12.2. The smallest absolute Gasteiger partial charge is 0.274 e. The Hall–Kier alpha value is -3.02. The van der Waals surface area contributed by atoms with Crippen molar-refractivity contribution in [1.82, 2.24) is 14.6 Å². The number of hydrogen-bond acceptors (Lipinski definition) is 4. The Labute approximate surface area is 126 Å². The molecule has 0 aliphatic heterocycles. The standard InChI is InChI=1S/C16H14N4O2/c1-10-8-14(19-15-6-7-17-20(10)15)16(22)18-13-5-3-4-12(9-13)11(2)21/h3-9H,1-2H3,(H,18,22). The van der Waals surface area contributed by atoms with Crippen LogP contribution in [0.4, 0.5) is 5.69 Å². The van der Waals surface area contributed by atoms with Crippen molar-refractivity contribution < 1.29 is 9.59 Å². The van der Waals surface area contributed by atoms with E-state index in [-0.39, 0.29) is 11.7 Å². The predicted molar refractivity (Wildman–Crippen MR) is 82.1 cm³/mol. The van der Waals surface area contributed by atoms with Crippen LogP contribution in [-0.4, -0.2) is 26.3 Å². The summed E-state index contributed by atoms with van der Waals surface area (Å²) in [5.74, 6) is -0.377. The molecule has 22 heavy (non-hydrogen) atoms. The number of aryl methyl sites for hydroxylation is 1. The van der Waals surface area contributed by atoms with Gasteiger partial charge in [-0.25, -0.2) is 9.50 Å². The SMILES string of the molecule is CC(=O)c1cccc(NC(=O)c2cc(C)n3nccc3n2)c1. The third-order valence-corrected chi connectivity index (χ3v) is 3.30. The van der Waals surface area contributed by atoms with E-state index in [0.29, 0.717) is 22.6 Å². The minimum atomic E-state index is -0.326. The third-order valence-electron chi connectivity index (χ3n) is 3.30. The van der Waals surface area contributed by atoms with E-state index in [1.54, 1.807) is 47.1 Å². The molecule has 0 atom stereocenters. The molecule has 6 nitrogen and oxygen atoms in total. The fourth-order valence-corrected chi connectivity index (χ4v) is 2.19. The molecule has 6 heteroatoms. The Morgan fingerprint density at radius 2 is 2.00 bits per heavy atom. The van der Waals surface area contributed by atoms with E-state index >= 15 is 0 Å². The van der Waals surface area contributed by atoms with Crippen LogP contribution >= 0.6 is 0 Å². The second-order valence-corrected chi connectivity index (χ2v) is 4.98. The summed E-state index contributed by atoms with van der Waals surface area (Å²) < 4.78 is 1.66. The molecule has 3 rings (SSSR count). The molecule has 0 saturated heterocycles. The van der Waals surface area contributed by atoms with Gasteiger partial charge in [0, 0.05) is 23.0 Å². The highest BCUT2D eigenvalue weighted by atomic mass is 16.2. The van der Waals surface area contributed by atoms with Crippen molar-refractivity contribution >= 4 is 23.0 Å². The normalized spacial score (nSPS) is 10.6. The molecule has 0 saturated carbocycles. The van der Waals surface area contributed by atoms with Gasteiger partial charge in [0.1, 0.15) is 5.69 Å². The average Bonchev–Trinajstić information content (AvgIpc) is 2.96. The summed E-state index contributed by atoms with van der Waals surface area (Å²) in [6, 6.07) is 10.2. The average molecular weight is 294 g/mol. The van der Waals surface area contributed by atoms with E-state index in [1.807, 2.05) is 6.92 Å². The quantitative estimate of drug-likeness (QED) is 0.753. The summed E-state index contributed by atoms with van der Waals surface area (Å²) in [6.07, 6.45) is 1.63. The lowest BCUT2D eigenvalue weighted by molar-refractivity contribution is 0.100. The molecule has 0 radical (unpaired) electrons. The molecule has 1 N–H and O–H groups in total. The Morgan fingerprint density at radius 1 is 1.18 bits per heavy atom. The number of anilines is 1. The van der Waals surface area contributed by atoms with Gasteiger partial charge in [-0.1, -0.05) is 12.1 Å². The van der Waals surface area contributed by atoms with Gasteiger partial charge in [0.25, 0.3) is 5.91 Å². The van der Waals surface area contributed by atoms with Gasteiger partial charge in [-0.3, -0.25) is 9.59 Å². The van der Waals surface area contributed by atoms with E-state index in [1.165, 1.54) is 6.92 Å². The van der Waals surface area contributed by atoms with Crippen LogP contribution in [0.25, 0.3) is 5.65 Å². The molecule has 2 aromatic heterocycles. The molecular weight excluding hydrogens is 280 g/mol. The van der Waals surface area contributed by atoms with Crippen LogP contribution in [0, 0.1) is 6.92 Å². The summed E-state index contributed by atoms with van der Waals surface area (Å²) in [5.41, 5.74) is 2.85. The lowest BCUT2D eigenvalue weighted by atomic mass is 10.1. The van der Waals surface area contributed by atoms with E-state index in [4.69, 9.17) is 0 Å². The topological polar surface area (TPSA) is 76.4 Å². The molecule has 0 aliphatic carbocycles. The van der Waals surface area contributed by atoms with Gasteiger partial charge in [0.05, 0.1) is 6.20 Å². The number of aromatic nitrogens is 3. The molecular formula is C16H14N4O2. The number of nitrogens with zero attached hydrogens (tertiary/aromatic N) is 3. The van der Waals surface area contributed by atoms with Gasteiger partial charge >= 0.3 is 0 Å². The first-order valence-electron chi connectivity index (χ1n) is 6.78. The van der Waals surface area contributed by atoms with Crippen LogP contribution in [0.2, 0.25) is 0 Å². The van der Waals surface area contributed by atoms with Crippen molar-refractivity contribution in [2.24, 2.45) is 0 Å². The molecule has 3 aromatic rings. The van der Waals surface area contributed by atoms with Gasteiger partial charge in [-0.15, -0.1) is 0 Å². The molecule has 0 aliphatic rings. The molecule has 0 spiro atoms. The Morgan fingerprint density at radius 3 is 2.77 bits per heavy atom. The minimum absolute atomic E-state index is 0.0502. The lowest BCUT2D eigenvalue weighted by Crippen LogP contribution is -2.15. The molecule has 0 bridgehead atoms. The van der Waals surface area contributed by atoms with Crippen LogP contribution in [0.3, 0.4) is 0 Å². The number of rotatable bonds is 3. The molecule has 0 unspecified atom stereocenters. The minimum Gasteiger partial charge on any atom is -0.321 e. The number of ketones is 1. The van der Waals surface area contributed by atoms with Gasteiger partial charge in [0.15, 0.2) is 11.4 Å². The maximum absolute atomic E-state index is 12.3. The summed E-state index contributed by atoms with van der Waals surface area (Å²) in [7, 11) is 0. The molecule has 2 heterocycles. The first-order chi connectivity index (χ1) is 10.5. The van der Waals surface area contributed by atoms with E-state index in [2.05, 4.69) is 15.4 Å². The Balaban J connectivity index is 1.90. The zero-order chi connectivity index (χ0) is 15.7. The fourth-order valence-electron chi connectivity index (χ4n) is 2.19. The largest absolute Gasteiger partial charge is 0.321 e. The van der Waals surface area contributed by atoms with E-state index < -0.39 is 0 Å². The lowest BCUT2D eigenvalue weighted by Gasteiger charge is -2.07. The van der Waals surface area contributed by atoms with Crippen molar-refractivity contribution in [3.05, 3.63) is 59.5 Å². The van der Waals surface area contributed by atoms with Crippen LogP contribution in [-0.2, 0) is 0 Å². The number of hydrogen-bond donors (Lipinski definition) is 1. The molecule has 110 valence electrons. The second-order valence-electron chi connectivity index (χ2n) is 4.98. The summed E-state index contributed by atoms with van der Waals surface area (Å²) in [6.45, 7) is 3.34. The van der Waals surface area contributed by atoms with Crippen molar-refractivity contribution in [3.63, 3.8) is 0 Å². The number of amides is 1. The zero-order valence-electron chi connectivity index (χ0n) is 12.2. The molecule has 0 fully saturated rings. The Bertz CT molecular complexity index is 883. The number of nitrogens with one attached hydrogen (secondary N) is 1. The third kappa shape index (κ3) is 2.58. The van der Waals surface area contributed by atoms with Crippen molar-refractivity contribution in [2.75, 3.05) is 5.32 Å². The van der Waals surface area contributed by atoms with Crippen LogP contribution in [0.5, 0.6) is 0 Å². The number of fused-ring (bicyclic) bond motifs is 1. The number of carbonyl (C=O) groups is 2. The maximum Gasteiger partial charge on any atom is 0.274 e. The number of benzene rings is 1. The molecule has 1 aromatic carbocycles. The number of carbonyl (C=O) groups excluding carboxylic acids is 2. The van der Waals surface area contributed by atoms with Crippen LogP contribution in [0.1, 0.15) is 33.5 Å². The summed E-state index contributed by atoms with van der Waals surface area (Å²) in [5, 5.41) is 6.87. The van der Waals surface area contributed by atoms with E-state index in [0.717, 1.165) is 5.69 Å². The second kappa shape index (κ2) is 5.40. The van der Waals surface area contributed by atoms with Crippen molar-refractivity contribution in [1.29, 1.82) is 0 Å². The first kappa shape index (κ1) is 13.9. The van der Waals surface area contributed by atoms with Gasteiger partial charge in [-0.2, -0.15) is 5.10 Å². The van der Waals surface area contributed by atoms with Crippen molar-refractivity contribution in [3.8, 4) is 0 Å². The van der Waals surface area contributed by atoms with Gasteiger partial charge < -0.3 is 5.32 Å².